The lowest BCUT2D eigenvalue weighted by atomic mass is 9.87. The van der Waals surface area contributed by atoms with Crippen molar-refractivity contribution < 1.29 is 38.2 Å². The summed E-state index contributed by atoms with van der Waals surface area (Å²) in [6.45, 7) is 6.16. The first-order valence-electron chi connectivity index (χ1n) is 20.1. The van der Waals surface area contributed by atoms with E-state index in [0.717, 1.165) is 6.42 Å². The highest BCUT2D eigenvalue weighted by molar-refractivity contribution is 6.41. The van der Waals surface area contributed by atoms with Crippen molar-refractivity contribution in [1.29, 1.82) is 0 Å². The Morgan fingerprint density at radius 2 is 1.60 bits per heavy atom. The smallest absolute Gasteiger partial charge is 0.226 e. The number of nitrogens with zero attached hydrogens (tertiary/aromatic N) is 4. The monoisotopic (exact) mass is 802 g/mol. The van der Waals surface area contributed by atoms with Crippen molar-refractivity contribution in [3.05, 3.63) is 47.5 Å². The zero-order valence-electron chi connectivity index (χ0n) is 34.0. The Hall–Kier alpha value is -5.19. The van der Waals surface area contributed by atoms with E-state index < -0.39 is 53.2 Å². The van der Waals surface area contributed by atoms with Gasteiger partial charge in [0.2, 0.25) is 11.8 Å². The molecule has 58 heavy (non-hydrogen) atoms. The summed E-state index contributed by atoms with van der Waals surface area (Å²) in [7, 11) is 1.52. The minimum absolute atomic E-state index is 0.00967. The number of hydrogen-bond acceptors (Lipinski definition) is 14. The Bertz CT molecular complexity index is 1880. The molecule has 0 spiro atoms. The van der Waals surface area contributed by atoms with Crippen LogP contribution in [0.2, 0.25) is 0 Å². The van der Waals surface area contributed by atoms with E-state index in [-0.39, 0.29) is 88.8 Å². The highest BCUT2D eigenvalue weighted by Crippen LogP contribution is 2.41. The number of nitrogens with one attached hydrogen (secondary N) is 1. The molecule has 4 rings (SSSR count). The Kier molecular flexibility index (Phi) is 17.3. The van der Waals surface area contributed by atoms with E-state index in [2.05, 4.69) is 20.8 Å². The number of hydrogen-bond donors (Lipinski definition) is 4. The lowest BCUT2D eigenvalue weighted by Crippen LogP contribution is -2.46. The average Bonchev–Trinajstić information content (AvgIpc) is 3.75. The molecule has 5 atom stereocenters. The van der Waals surface area contributed by atoms with Gasteiger partial charge in [0.05, 0.1) is 6.04 Å². The highest BCUT2D eigenvalue weighted by atomic mass is 16.5. The fraction of sp³-hybridized carbons (Fsp3) is 0.548. The summed E-state index contributed by atoms with van der Waals surface area (Å²) in [5.41, 5.74) is 19.9. The topological polar surface area (TPSA) is 251 Å². The number of benzene rings is 2. The molecular weight excluding hydrogens is 745 g/mol. The summed E-state index contributed by atoms with van der Waals surface area (Å²) >= 11 is 0. The maximum Gasteiger partial charge on any atom is 0.226 e. The van der Waals surface area contributed by atoms with Crippen LogP contribution in [0.1, 0.15) is 82.9 Å². The second kappa shape index (κ2) is 22.1. The molecule has 2 aromatic carbocycles. The number of ether oxygens (including phenoxy) is 2. The van der Waals surface area contributed by atoms with Crippen LogP contribution < -0.4 is 32.0 Å². The van der Waals surface area contributed by atoms with Gasteiger partial charge in [0, 0.05) is 74.7 Å². The SMILES string of the molecule is CCCCC(=O)C[C@@H](CCN)C(=O)N(C)[C@@H]1C(=O)C[C@@H](C)C(=O)N[C@H](C(=O)C[C@@H](C)C(=O)C2=NN=NC2)Cc2ccc(OCCN)c(c2)-c2cc1ccc2OCCN. The molecule has 0 radical (unpaired) electrons. The van der Waals surface area contributed by atoms with Crippen LogP contribution in [0.3, 0.4) is 0 Å². The Labute approximate surface area is 339 Å². The molecule has 0 saturated heterocycles. The third-order valence-corrected chi connectivity index (χ3v) is 10.4. The minimum atomic E-state index is -1.18. The van der Waals surface area contributed by atoms with Crippen molar-refractivity contribution in [1.82, 2.24) is 10.2 Å². The van der Waals surface area contributed by atoms with Crippen LogP contribution in [0.4, 0.5) is 0 Å². The number of carbonyl (C=O) groups is 6. The first kappa shape index (κ1) is 45.5. The average molecular weight is 803 g/mol. The van der Waals surface area contributed by atoms with E-state index in [1.54, 1.807) is 44.2 Å². The number of fused-ring (bicyclic) bond motifs is 5. The van der Waals surface area contributed by atoms with Crippen molar-refractivity contribution in [3.8, 4) is 22.6 Å². The molecule has 16 nitrogen and oxygen atoms in total. The van der Waals surface area contributed by atoms with E-state index >= 15 is 0 Å². The fourth-order valence-corrected chi connectivity index (χ4v) is 7.20. The van der Waals surface area contributed by atoms with Crippen molar-refractivity contribution >= 4 is 40.7 Å². The zero-order valence-corrected chi connectivity index (χ0v) is 34.0. The Balaban J connectivity index is 1.85. The first-order valence-corrected chi connectivity index (χ1v) is 20.1. The van der Waals surface area contributed by atoms with Gasteiger partial charge in [0.1, 0.15) is 48.8 Å². The maximum atomic E-state index is 14.6. The van der Waals surface area contributed by atoms with Gasteiger partial charge in [0.15, 0.2) is 17.3 Å². The molecule has 0 aromatic heterocycles. The Morgan fingerprint density at radius 3 is 2.22 bits per heavy atom. The van der Waals surface area contributed by atoms with Crippen LogP contribution >= 0.6 is 0 Å². The number of likely N-dealkylation sites (N-methyl/N-ethyl adjacent to an activating group) is 1. The Morgan fingerprint density at radius 1 is 0.931 bits per heavy atom. The van der Waals surface area contributed by atoms with Gasteiger partial charge in [-0.15, -0.1) is 5.10 Å². The van der Waals surface area contributed by atoms with E-state index in [9.17, 15) is 28.8 Å². The van der Waals surface area contributed by atoms with E-state index in [1.165, 1.54) is 11.9 Å². The second-order valence-corrected chi connectivity index (χ2v) is 15.0. The van der Waals surface area contributed by atoms with E-state index in [4.69, 9.17) is 26.7 Å². The summed E-state index contributed by atoms with van der Waals surface area (Å²) in [6.07, 6.45) is 1.67. The number of Topliss-reactive ketones (excluding diaryl/α,β-unsaturated/α-hetero) is 4. The lowest BCUT2D eigenvalue weighted by molar-refractivity contribution is -0.143. The molecule has 0 aliphatic carbocycles. The van der Waals surface area contributed by atoms with Crippen molar-refractivity contribution in [2.24, 2.45) is 50.4 Å². The molecule has 0 fully saturated rings. The summed E-state index contributed by atoms with van der Waals surface area (Å²) in [5.74, 6) is -3.80. The molecule has 0 saturated carbocycles. The van der Waals surface area contributed by atoms with Crippen molar-refractivity contribution in [2.45, 2.75) is 84.2 Å². The fourth-order valence-electron chi connectivity index (χ4n) is 7.20. The first-order chi connectivity index (χ1) is 27.8. The van der Waals surface area contributed by atoms with Crippen LogP contribution in [0.5, 0.6) is 11.5 Å². The molecule has 2 aromatic rings. The van der Waals surface area contributed by atoms with Gasteiger partial charge in [-0.3, -0.25) is 28.8 Å². The second-order valence-electron chi connectivity index (χ2n) is 15.0. The lowest BCUT2D eigenvalue weighted by Gasteiger charge is -2.32. The summed E-state index contributed by atoms with van der Waals surface area (Å²) < 4.78 is 12.2. The molecule has 0 unspecified atom stereocenters. The molecular formula is C42H58N8O8. The van der Waals surface area contributed by atoms with Crippen LogP contribution in [0, 0.1) is 17.8 Å². The van der Waals surface area contributed by atoms with Gasteiger partial charge >= 0.3 is 0 Å². The van der Waals surface area contributed by atoms with Crippen LogP contribution in [0.15, 0.2) is 51.8 Å². The van der Waals surface area contributed by atoms with E-state index in [1.807, 2.05) is 13.0 Å². The van der Waals surface area contributed by atoms with Crippen LogP contribution in [-0.2, 0) is 35.2 Å². The molecule has 2 aliphatic rings. The predicted molar refractivity (Wildman–Crippen MR) is 218 cm³/mol. The van der Waals surface area contributed by atoms with Gasteiger partial charge < -0.3 is 36.9 Å². The molecule has 314 valence electrons. The number of amides is 2. The number of nitrogens with two attached hydrogens (primary N) is 3. The predicted octanol–water partition coefficient (Wildman–Crippen LogP) is 3.26. The number of unbranched alkanes of at least 4 members (excludes halogenated alkanes) is 1. The van der Waals surface area contributed by atoms with Crippen molar-refractivity contribution in [3.63, 3.8) is 0 Å². The third-order valence-electron chi connectivity index (χ3n) is 10.4. The zero-order chi connectivity index (χ0) is 42.4. The van der Waals surface area contributed by atoms with Gasteiger partial charge in [-0.25, -0.2) is 0 Å². The van der Waals surface area contributed by atoms with Gasteiger partial charge in [-0.2, -0.15) is 5.11 Å². The summed E-state index contributed by atoms with van der Waals surface area (Å²) in [5, 5.41) is 13.9. The molecule has 2 amide bonds. The molecule has 2 heterocycles. The molecule has 7 N–H and O–H groups in total. The van der Waals surface area contributed by atoms with Crippen LogP contribution in [-0.4, -0.2) is 98.0 Å². The van der Waals surface area contributed by atoms with Gasteiger partial charge in [-0.1, -0.05) is 39.3 Å². The number of ketones is 4. The third kappa shape index (κ3) is 11.9. The number of rotatable bonds is 20. The normalized spacial score (nSPS) is 19.0. The van der Waals surface area contributed by atoms with Crippen LogP contribution in [0.25, 0.3) is 11.1 Å². The number of carbonyl (C=O) groups excluding carboxylic acids is 6. The van der Waals surface area contributed by atoms with E-state index in [0.29, 0.717) is 46.6 Å². The summed E-state index contributed by atoms with van der Waals surface area (Å²) in [4.78, 5) is 84.0. The largest absolute Gasteiger partial charge is 0.492 e. The highest BCUT2D eigenvalue weighted by Gasteiger charge is 2.36. The quantitative estimate of drug-likeness (QED) is 0.151. The molecule has 4 bridgehead atoms. The standard InChI is InChI=1S/C42H58N8O8/c1-5-6-7-30(51)22-29(12-13-43)42(56)50(4)39-28-9-11-38(58-17-15-45)32(23-28)31-20-27(8-10-37(31)57-16-14-44)21-33(47-41(55)26(3)19-36(39)53)35(52)18-25(2)40(54)34-24-46-49-48-34/h8-11,20,23,25-26,29,33,39H,5-7,12-19,21-22,24,43-45H2,1-4H3,(H,47,55)/t25-,26-,29-,33+,39+/m1/s1. The maximum absolute atomic E-state index is 14.6. The van der Waals surface area contributed by atoms with Gasteiger partial charge in [0.25, 0.3) is 0 Å². The van der Waals surface area contributed by atoms with Crippen molar-refractivity contribution in [2.75, 3.05) is 46.4 Å². The summed E-state index contributed by atoms with van der Waals surface area (Å²) in [6, 6.07) is 8.23. The molecule has 16 heteroatoms. The minimum Gasteiger partial charge on any atom is -0.492 e. The van der Waals surface area contributed by atoms with Gasteiger partial charge in [-0.05, 0) is 66.4 Å². The molecule has 2 aliphatic heterocycles.